The number of hydrogen-bond acceptors (Lipinski definition) is 4. The number of rotatable bonds is 6. The van der Waals surface area contributed by atoms with E-state index in [1.54, 1.807) is 11.3 Å². The van der Waals surface area contributed by atoms with E-state index in [4.69, 9.17) is 9.73 Å². The van der Waals surface area contributed by atoms with E-state index in [9.17, 15) is 0 Å². The fraction of sp³-hybridized carbons (Fsp3) is 0.375. The Morgan fingerprint density at radius 1 is 1.03 bits per heavy atom. The number of hydrogen-bond donors (Lipinski definition) is 0. The summed E-state index contributed by atoms with van der Waals surface area (Å²) in [5, 5.41) is 2.24. The molecule has 158 valence electrons. The van der Waals surface area contributed by atoms with E-state index in [1.165, 1.54) is 22.4 Å². The van der Waals surface area contributed by atoms with Crippen molar-refractivity contribution in [2.75, 3.05) is 32.8 Å². The molecule has 0 bridgehead atoms. The van der Waals surface area contributed by atoms with Crippen molar-refractivity contribution >= 4 is 33.0 Å². The number of nitrogens with zero attached hydrogens (tertiary/aromatic N) is 3. The van der Waals surface area contributed by atoms with Gasteiger partial charge >= 0.3 is 0 Å². The van der Waals surface area contributed by atoms with Crippen LogP contribution in [0, 0.1) is 13.8 Å². The minimum absolute atomic E-state index is 0.850. The SMILES string of the molecule is Cc1ccc(C)c(N=c2scc(-c3ccc(Br)cc3)n2CCCN2CCOCC2)c1. The molecule has 30 heavy (non-hydrogen) atoms. The summed E-state index contributed by atoms with van der Waals surface area (Å²) in [6.07, 6.45) is 1.10. The summed E-state index contributed by atoms with van der Waals surface area (Å²) >= 11 is 5.27. The smallest absolute Gasteiger partial charge is 0.190 e. The molecule has 0 aliphatic carbocycles. The van der Waals surface area contributed by atoms with E-state index >= 15 is 0 Å². The molecule has 4 rings (SSSR count). The first-order valence-corrected chi connectivity index (χ1v) is 12.1. The minimum atomic E-state index is 0.850. The highest BCUT2D eigenvalue weighted by molar-refractivity contribution is 9.10. The van der Waals surface area contributed by atoms with E-state index in [-0.39, 0.29) is 0 Å². The first kappa shape index (κ1) is 21.5. The van der Waals surface area contributed by atoms with Crippen LogP contribution in [0.1, 0.15) is 17.5 Å². The largest absolute Gasteiger partial charge is 0.379 e. The van der Waals surface area contributed by atoms with E-state index in [1.807, 2.05) is 0 Å². The van der Waals surface area contributed by atoms with Gasteiger partial charge < -0.3 is 9.30 Å². The van der Waals surface area contributed by atoms with Crippen LogP contribution < -0.4 is 4.80 Å². The topological polar surface area (TPSA) is 29.8 Å². The number of ether oxygens (including phenoxy) is 1. The van der Waals surface area contributed by atoms with Crippen LogP contribution in [0.2, 0.25) is 0 Å². The van der Waals surface area contributed by atoms with Crippen molar-refractivity contribution < 1.29 is 4.74 Å². The molecule has 0 saturated carbocycles. The molecule has 4 nitrogen and oxygen atoms in total. The normalized spacial score (nSPS) is 15.6. The number of halogens is 1. The molecule has 1 fully saturated rings. The van der Waals surface area contributed by atoms with Gasteiger partial charge in [0.15, 0.2) is 4.80 Å². The predicted octanol–water partition coefficient (Wildman–Crippen LogP) is 5.55. The molecule has 1 saturated heterocycles. The lowest BCUT2D eigenvalue weighted by atomic mass is 10.1. The molecular formula is C24H28BrN3OS. The molecule has 2 aromatic carbocycles. The van der Waals surface area contributed by atoms with Crippen LogP contribution in [0.3, 0.4) is 0 Å². The summed E-state index contributed by atoms with van der Waals surface area (Å²) in [5.74, 6) is 0. The predicted molar refractivity (Wildman–Crippen MR) is 128 cm³/mol. The lowest BCUT2D eigenvalue weighted by Gasteiger charge is -2.26. The third-order valence-electron chi connectivity index (χ3n) is 5.48. The zero-order valence-corrected chi connectivity index (χ0v) is 20.0. The molecule has 0 spiro atoms. The van der Waals surface area contributed by atoms with Gasteiger partial charge in [-0.25, -0.2) is 4.99 Å². The second kappa shape index (κ2) is 10.1. The van der Waals surface area contributed by atoms with Crippen molar-refractivity contribution in [2.45, 2.75) is 26.8 Å². The molecule has 1 aliphatic heterocycles. The van der Waals surface area contributed by atoms with Crippen LogP contribution in [0.4, 0.5) is 5.69 Å². The van der Waals surface area contributed by atoms with Crippen molar-refractivity contribution in [1.29, 1.82) is 0 Å². The molecule has 0 amide bonds. The highest BCUT2D eigenvalue weighted by atomic mass is 79.9. The van der Waals surface area contributed by atoms with Gasteiger partial charge in [-0.3, -0.25) is 4.90 Å². The van der Waals surface area contributed by atoms with E-state index in [2.05, 4.69) is 87.1 Å². The fourth-order valence-electron chi connectivity index (χ4n) is 3.71. The fourth-order valence-corrected chi connectivity index (χ4v) is 4.92. The summed E-state index contributed by atoms with van der Waals surface area (Å²) in [7, 11) is 0. The summed E-state index contributed by atoms with van der Waals surface area (Å²) in [6.45, 7) is 10.1. The number of benzene rings is 2. The first-order valence-electron chi connectivity index (χ1n) is 10.5. The minimum Gasteiger partial charge on any atom is -0.379 e. The Morgan fingerprint density at radius 3 is 2.57 bits per heavy atom. The van der Waals surface area contributed by atoms with E-state index < -0.39 is 0 Å². The maximum Gasteiger partial charge on any atom is 0.190 e. The van der Waals surface area contributed by atoms with Gasteiger partial charge in [0.05, 0.1) is 24.6 Å². The average molecular weight is 486 g/mol. The summed E-state index contributed by atoms with van der Waals surface area (Å²) in [6, 6.07) is 15.0. The zero-order valence-electron chi connectivity index (χ0n) is 17.6. The lowest BCUT2D eigenvalue weighted by Crippen LogP contribution is -2.37. The Morgan fingerprint density at radius 2 is 1.80 bits per heavy atom. The molecule has 1 aromatic heterocycles. The van der Waals surface area contributed by atoms with E-state index in [0.717, 1.165) is 60.8 Å². The molecule has 3 aromatic rings. The van der Waals surface area contributed by atoms with Gasteiger partial charge in [-0.1, -0.05) is 40.2 Å². The molecule has 6 heteroatoms. The Bertz CT molecular complexity index is 1050. The number of aromatic nitrogens is 1. The second-order valence-corrected chi connectivity index (χ2v) is 9.52. The Balaban J connectivity index is 1.66. The molecule has 1 aliphatic rings. The van der Waals surface area contributed by atoms with Crippen molar-refractivity contribution in [3.05, 3.63) is 68.2 Å². The Kier molecular flexibility index (Phi) is 7.20. The van der Waals surface area contributed by atoms with Crippen LogP contribution in [-0.2, 0) is 11.3 Å². The van der Waals surface area contributed by atoms with Crippen molar-refractivity contribution in [3.8, 4) is 11.3 Å². The van der Waals surface area contributed by atoms with E-state index in [0.29, 0.717) is 0 Å². The molecule has 0 atom stereocenters. The molecule has 0 radical (unpaired) electrons. The van der Waals surface area contributed by atoms with Crippen molar-refractivity contribution in [1.82, 2.24) is 9.47 Å². The van der Waals surface area contributed by atoms with Crippen molar-refractivity contribution in [2.24, 2.45) is 4.99 Å². The molecule has 0 N–H and O–H groups in total. The summed E-state index contributed by atoms with van der Waals surface area (Å²) in [5.41, 5.74) is 5.96. The molecule has 0 unspecified atom stereocenters. The third-order valence-corrected chi connectivity index (χ3v) is 6.87. The number of aryl methyl sites for hydroxylation is 2. The quantitative estimate of drug-likeness (QED) is 0.457. The van der Waals surface area contributed by atoms with Crippen LogP contribution >= 0.6 is 27.3 Å². The van der Waals surface area contributed by atoms with Gasteiger partial charge in [-0.15, -0.1) is 11.3 Å². The third kappa shape index (κ3) is 5.30. The standard InChI is InChI=1S/C24H28BrN3OS/c1-18-4-5-19(2)22(16-18)26-24-28(11-3-10-27-12-14-29-15-13-27)23(17-30-24)20-6-8-21(25)9-7-20/h4-9,16-17H,3,10-15H2,1-2H3. The average Bonchev–Trinajstić information content (AvgIpc) is 3.14. The van der Waals surface area contributed by atoms with Gasteiger partial charge in [0.1, 0.15) is 0 Å². The second-order valence-electron chi connectivity index (χ2n) is 7.77. The van der Waals surface area contributed by atoms with Gasteiger partial charge in [0.25, 0.3) is 0 Å². The van der Waals surface area contributed by atoms with Crippen LogP contribution in [0.25, 0.3) is 11.3 Å². The first-order chi connectivity index (χ1) is 14.6. The van der Waals surface area contributed by atoms with Gasteiger partial charge in [0.2, 0.25) is 0 Å². The lowest BCUT2D eigenvalue weighted by molar-refractivity contribution is 0.0369. The van der Waals surface area contributed by atoms with Crippen LogP contribution in [0.15, 0.2) is 57.3 Å². The maximum absolute atomic E-state index is 5.48. The van der Waals surface area contributed by atoms with Gasteiger partial charge in [-0.2, -0.15) is 0 Å². The number of morpholine rings is 1. The maximum atomic E-state index is 5.48. The summed E-state index contributed by atoms with van der Waals surface area (Å²) < 4.78 is 8.96. The molecule has 2 heterocycles. The highest BCUT2D eigenvalue weighted by Crippen LogP contribution is 2.24. The number of thiazole rings is 1. The Hall–Kier alpha value is -1.73. The zero-order chi connectivity index (χ0) is 20.9. The van der Waals surface area contributed by atoms with Gasteiger partial charge in [0, 0.05) is 36.0 Å². The molecular weight excluding hydrogens is 458 g/mol. The Labute approximate surface area is 191 Å². The summed E-state index contributed by atoms with van der Waals surface area (Å²) in [4.78, 5) is 8.63. The van der Waals surface area contributed by atoms with Crippen LogP contribution in [0.5, 0.6) is 0 Å². The van der Waals surface area contributed by atoms with Crippen LogP contribution in [-0.4, -0.2) is 42.3 Å². The van der Waals surface area contributed by atoms with Gasteiger partial charge in [-0.05, 0) is 55.2 Å². The highest BCUT2D eigenvalue weighted by Gasteiger charge is 2.12. The monoisotopic (exact) mass is 485 g/mol. The van der Waals surface area contributed by atoms with Crippen molar-refractivity contribution in [3.63, 3.8) is 0 Å².